The Balaban J connectivity index is 1.22. The Morgan fingerprint density at radius 3 is 2.25 bits per heavy atom. The fourth-order valence-electron chi connectivity index (χ4n) is 3.92. The van der Waals surface area contributed by atoms with Gasteiger partial charge in [-0.3, -0.25) is 14.4 Å². The fourth-order valence-corrected chi connectivity index (χ4v) is 5.94. The van der Waals surface area contributed by atoms with Gasteiger partial charge < -0.3 is 16.0 Å². The van der Waals surface area contributed by atoms with Gasteiger partial charge in [0.05, 0.1) is 11.4 Å². The van der Waals surface area contributed by atoms with E-state index in [2.05, 4.69) is 52.8 Å². The van der Waals surface area contributed by atoms with Crippen molar-refractivity contribution in [2.45, 2.75) is 4.90 Å². The number of thioether (sulfide) groups is 1. The van der Waals surface area contributed by atoms with Crippen molar-refractivity contribution in [2.24, 2.45) is 0 Å². The van der Waals surface area contributed by atoms with E-state index < -0.39 is 11.8 Å². The zero-order valence-electron chi connectivity index (χ0n) is 22.9. The van der Waals surface area contributed by atoms with E-state index in [9.17, 15) is 14.4 Å². The first-order valence-corrected chi connectivity index (χ1v) is 16.7. The number of nitrogens with one attached hydrogen (secondary N) is 3. The van der Waals surface area contributed by atoms with Gasteiger partial charge >= 0.3 is 0 Å². The van der Waals surface area contributed by atoms with Crippen molar-refractivity contribution in [1.82, 2.24) is 10.3 Å². The summed E-state index contributed by atoms with van der Waals surface area (Å²) >= 11 is 9.54. The first kappa shape index (κ1) is 31.4. The van der Waals surface area contributed by atoms with E-state index in [1.54, 1.807) is 48.5 Å². The van der Waals surface area contributed by atoms with Crippen LogP contribution >= 0.6 is 55.0 Å². The Morgan fingerprint density at radius 1 is 0.818 bits per heavy atom. The number of aromatic nitrogens is 1. The minimum absolute atomic E-state index is 0.0876. The van der Waals surface area contributed by atoms with Gasteiger partial charge in [-0.2, -0.15) is 0 Å². The number of nitrogens with zero attached hydrogens (tertiary/aromatic N) is 1. The lowest BCUT2D eigenvalue weighted by molar-refractivity contribution is -0.114. The molecule has 0 fully saturated rings. The normalized spacial score (nSPS) is 11.1. The summed E-state index contributed by atoms with van der Waals surface area (Å²) in [5.74, 6) is -0.914. The molecule has 1 aromatic heterocycles. The molecular weight excluding hydrogens is 724 g/mol. The molecule has 11 heteroatoms. The van der Waals surface area contributed by atoms with Crippen molar-refractivity contribution in [3.8, 4) is 11.3 Å². The number of rotatable bonds is 10. The van der Waals surface area contributed by atoms with E-state index in [1.807, 2.05) is 66.0 Å². The molecule has 4 aromatic carbocycles. The van der Waals surface area contributed by atoms with Crippen LogP contribution in [-0.4, -0.2) is 28.5 Å². The third-order valence-corrected chi connectivity index (χ3v) is 8.87. The summed E-state index contributed by atoms with van der Waals surface area (Å²) in [6.07, 6.45) is 1.62. The molecule has 0 radical (unpaired) electrons. The average Bonchev–Trinajstić information content (AvgIpc) is 3.50. The largest absolute Gasteiger partial charge is 0.321 e. The van der Waals surface area contributed by atoms with E-state index in [-0.39, 0.29) is 17.4 Å². The molecular formula is C33H24Br2N4O3S2. The quantitative estimate of drug-likeness (QED) is 0.0984. The maximum absolute atomic E-state index is 13.4. The Bertz CT molecular complexity index is 1810. The molecule has 0 saturated heterocycles. The number of halogens is 2. The van der Waals surface area contributed by atoms with Crippen LogP contribution in [0.5, 0.6) is 0 Å². The van der Waals surface area contributed by atoms with Gasteiger partial charge in [-0.05, 0) is 66.2 Å². The average molecular weight is 749 g/mol. The molecule has 3 N–H and O–H groups in total. The molecule has 0 unspecified atom stereocenters. The predicted molar refractivity (Wildman–Crippen MR) is 186 cm³/mol. The van der Waals surface area contributed by atoms with Crippen LogP contribution in [0.1, 0.15) is 15.9 Å². The summed E-state index contributed by atoms with van der Waals surface area (Å²) in [5.41, 5.74) is 3.54. The SMILES string of the molecule is O=C(CSc1cccc(NC(=O)/C(=C/c2ccc(Br)cc2)NC(=O)c2ccccc2)c1)Nc1nc(-c2ccc(Br)cc2)cs1. The summed E-state index contributed by atoms with van der Waals surface area (Å²) in [6.45, 7) is 0. The topological polar surface area (TPSA) is 100 Å². The van der Waals surface area contributed by atoms with E-state index in [1.165, 1.54) is 23.1 Å². The third kappa shape index (κ3) is 8.99. The van der Waals surface area contributed by atoms with Crippen LogP contribution in [0.2, 0.25) is 0 Å². The molecule has 0 aliphatic heterocycles. The monoisotopic (exact) mass is 746 g/mol. The first-order chi connectivity index (χ1) is 21.3. The molecule has 5 aromatic rings. The second kappa shape index (κ2) is 15.1. The molecule has 44 heavy (non-hydrogen) atoms. The number of carbonyl (C=O) groups is 3. The standard InChI is InChI=1S/C33H24Br2N4O3S2/c34-24-13-9-21(10-14-24)17-28(37-31(41)23-5-2-1-3-6-23)32(42)36-26-7-4-8-27(18-26)43-20-30(40)39-33-38-29(19-44-33)22-11-15-25(35)16-12-22/h1-19H,20H2,(H,36,42)(H,37,41)(H,38,39,40)/b28-17-. The van der Waals surface area contributed by atoms with Crippen LogP contribution in [0.4, 0.5) is 10.8 Å². The minimum Gasteiger partial charge on any atom is -0.321 e. The third-order valence-electron chi connectivity index (χ3n) is 6.06. The van der Waals surface area contributed by atoms with E-state index in [4.69, 9.17) is 0 Å². The van der Waals surface area contributed by atoms with Crippen LogP contribution in [0.15, 0.2) is 128 Å². The molecule has 0 saturated carbocycles. The maximum atomic E-state index is 13.4. The Kier molecular flexibility index (Phi) is 10.8. The number of benzene rings is 4. The number of hydrogen-bond donors (Lipinski definition) is 3. The highest BCUT2D eigenvalue weighted by Gasteiger charge is 2.16. The van der Waals surface area contributed by atoms with Gasteiger partial charge in [0.25, 0.3) is 11.8 Å². The van der Waals surface area contributed by atoms with E-state index >= 15 is 0 Å². The minimum atomic E-state index is -0.484. The molecule has 0 aliphatic rings. The molecule has 0 bridgehead atoms. The maximum Gasteiger partial charge on any atom is 0.272 e. The van der Waals surface area contributed by atoms with Gasteiger partial charge in [0.1, 0.15) is 5.70 Å². The number of amides is 3. The lowest BCUT2D eigenvalue weighted by atomic mass is 10.1. The second-order valence-corrected chi connectivity index (χ2v) is 13.0. The molecule has 0 atom stereocenters. The van der Waals surface area contributed by atoms with Crippen molar-refractivity contribution >= 4 is 89.6 Å². The van der Waals surface area contributed by atoms with Gasteiger partial charge in [-0.15, -0.1) is 23.1 Å². The lowest BCUT2D eigenvalue weighted by Gasteiger charge is -2.12. The van der Waals surface area contributed by atoms with Crippen LogP contribution in [0, 0.1) is 0 Å². The predicted octanol–water partition coefficient (Wildman–Crippen LogP) is 8.48. The molecule has 0 aliphatic carbocycles. The number of hydrogen-bond acceptors (Lipinski definition) is 6. The van der Waals surface area contributed by atoms with Crippen molar-refractivity contribution in [3.05, 3.63) is 134 Å². The van der Waals surface area contributed by atoms with Gasteiger partial charge in [0, 0.05) is 36.0 Å². The number of thiazole rings is 1. The molecule has 5 rings (SSSR count). The molecule has 7 nitrogen and oxygen atoms in total. The van der Waals surface area contributed by atoms with Gasteiger partial charge in [-0.1, -0.05) is 80.4 Å². The van der Waals surface area contributed by atoms with E-state index in [0.717, 1.165) is 30.7 Å². The van der Waals surface area contributed by atoms with Crippen molar-refractivity contribution in [3.63, 3.8) is 0 Å². The second-order valence-electron chi connectivity index (χ2n) is 9.29. The van der Waals surface area contributed by atoms with E-state index in [0.29, 0.717) is 16.4 Å². The smallest absolute Gasteiger partial charge is 0.272 e. The summed E-state index contributed by atoms with van der Waals surface area (Å²) in [6, 6.07) is 31.1. The molecule has 0 spiro atoms. The van der Waals surface area contributed by atoms with Crippen LogP contribution in [-0.2, 0) is 9.59 Å². The summed E-state index contributed by atoms with van der Waals surface area (Å²) in [4.78, 5) is 44.2. The van der Waals surface area contributed by atoms with Crippen LogP contribution < -0.4 is 16.0 Å². The Morgan fingerprint density at radius 2 is 1.52 bits per heavy atom. The highest BCUT2D eigenvalue weighted by Crippen LogP contribution is 2.27. The molecule has 3 amide bonds. The molecule has 1 heterocycles. The Hall–Kier alpha value is -4.03. The first-order valence-electron chi connectivity index (χ1n) is 13.2. The van der Waals surface area contributed by atoms with Crippen LogP contribution in [0.25, 0.3) is 17.3 Å². The summed E-state index contributed by atoms with van der Waals surface area (Å²) < 4.78 is 1.88. The summed E-state index contributed by atoms with van der Waals surface area (Å²) in [7, 11) is 0. The fraction of sp³-hybridized carbons (Fsp3) is 0.0303. The van der Waals surface area contributed by atoms with Crippen molar-refractivity contribution in [1.29, 1.82) is 0 Å². The Labute approximate surface area is 279 Å². The number of carbonyl (C=O) groups excluding carboxylic acids is 3. The number of anilines is 2. The molecule has 220 valence electrons. The van der Waals surface area contributed by atoms with Crippen molar-refractivity contribution < 1.29 is 14.4 Å². The van der Waals surface area contributed by atoms with Gasteiger partial charge in [-0.25, -0.2) is 4.98 Å². The zero-order valence-corrected chi connectivity index (χ0v) is 27.7. The zero-order chi connectivity index (χ0) is 30.9. The van der Waals surface area contributed by atoms with Crippen LogP contribution in [0.3, 0.4) is 0 Å². The van der Waals surface area contributed by atoms with Gasteiger partial charge in [0.2, 0.25) is 5.91 Å². The highest BCUT2D eigenvalue weighted by atomic mass is 79.9. The van der Waals surface area contributed by atoms with Gasteiger partial charge in [0.15, 0.2) is 5.13 Å². The summed E-state index contributed by atoms with van der Waals surface area (Å²) in [5, 5.41) is 10.9. The highest BCUT2D eigenvalue weighted by molar-refractivity contribution is 9.10. The van der Waals surface area contributed by atoms with Crippen molar-refractivity contribution in [2.75, 3.05) is 16.4 Å². The lowest BCUT2D eigenvalue weighted by Crippen LogP contribution is -2.30.